The van der Waals surface area contributed by atoms with Gasteiger partial charge in [0.2, 0.25) is 5.95 Å². The number of esters is 1. The number of methoxy groups -OCH3 is 1. The molecule has 2 aromatic heterocycles. The molecule has 0 fully saturated rings. The molecule has 9 heteroatoms. The van der Waals surface area contributed by atoms with Crippen LogP contribution in [0.4, 0.5) is 5.95 Å². The molecule has 2 heterocycles. The SMILES string of the molecule is COC(=O)CNc1nccc(-n2cc(C3c4ccccc4C=Cc4ccccc43)c(=O)[nH]c2=O)n1. The molecular weight excluding hydrogens is 446 g/mol. The number of nitrogens with one attached hydrogen (secondary N) is 2. The van der Waals surface area contributed by atoms with Gasteiger partial charge in [0.1, 0.15) is 12.4 Å². The average Bonchev–Trinajstić information content (AvgIpc) is 3.05. The maximum atomic E-state index is 13.1. The number of carbonyl (C=O) groups excluding carboxylic acids is 1. The molecule has 5 rings (SSSR count). The van der Waals surface area contributed by atoms with E-state index in [1.807, 2.05) is 60.7 Å². The van der Waals surface area contributed by atoms with E-state index in [1.54, 1.807) is 6.07 Å². The number of nitrogens with zero attached hydrogens (tertiary/aromatic N) is 3. The number of carbonyl (C=O) groups is 1. The molecule has 0 atom stereocenters. The van der Waals surface area contributed by atoms with Crippen molar-refractivity contribution in [3.8, 4) is 5.82 Å². The Balaban J connectivity index is 1.65. The predicted octanol–water partition coefficient (Wildman–Crippen LogP) is 2.56. The summed E-state index contributed by atoms with van der Waals surface area (Å²) in [6, 6.07) is 17.3. The van der Waals surface area contributed by atoms with Crippen LogP contribution >= 0.6 is 0 Å². The largest absolute Gasteiger partial charge is 0.468 e. The summed E-state index contributed by atoms with van der Waals surface area (Å²) in [6.45, 7) is -0.131. The molecule has 35 heavy (non-hydrogen) atoms. The van der Waals surface area contributed by atoms with Crippen LogP contribution in [0.1, 0.15) is 33.7 Å². The van der Waals surface area contributed by atoms with Gasteiger partial charge in [-0.1, -0.05) is 60.7 Å². The fourth-order valence-electron chi connectivity index (χ4n) is 4.19. The number of rotatable bonds is 5. The summed E-state index contributed by atoms with van der Waals surface area (Å²) in [5.41, 5.74) is 3.17. The summed E-state index contributed by atoms with van der Waals surface area (Å²) in [6.07, 6.45) is 7.04. The second-order valence-electron chi connectivity index (χ2n) is 7.91. The van der Waals surface area contributed by atoms with Gasteiger partial charge in [-0.2, -0.15) is 4.98 Å². The van der Waals surface area contributed by atoms with Crippen LogP contribution in [0.2, 0.25) is 0 Å². The van der Waals surface area contributed by atoms with E-state index in [9.17, 15) is 14.4 Å². The van der Waals surface area contributed by atoms with E-state index in [1.165, 1.54) is 24.1 Å². The molecule has 0 unspecified atom stereocenters. The van der Waals surface area contributed by atoms with Crippen LogP contribution in [0.15, 0.2) is 76.6 Å². The van der Waals surface area contributed by atoms with Crippen molar-refractivity contribution in [2.45, 2.75) is 5.92 Å². The molecule has 0 spiro atoms. The first-order valence-electron chi connectivity index (χ1n) is 10.9. The number of hydrogen-bond donors (Lipinski definition) is 2. The van der Waals surface area contributed by atoms with E-state index < -0.39 is 23.1 Å². The van der Waals surface area contributed by atoms with Crippen LogP contribution in [-0.2, 0) is 9.53 Å². The molecule has 4 aromatic rings. The summed E-state index contributed by atoms with van der Waals surface area (Å²) in [5, 5.41) is 2.76. The molecule has 1 aliphatic carbocycles. The predicted molar refractivity (Wildman–Crippen MR) is 132 cm³/mol. The number of anilines is 1. The number of benzene rings is 2. The lowest BCUT2D eigenvalue weighted by atomic mass is 9.83. The molecule has 1 aliphatic rings. The number of fused-ring (bicyclic) bond motifs is 2. The van der Waals surface area contributed by atoms with Crippen LogP contribution in [0, 0.1) is 0 Å². The summed E-state index contributed by atoms with van der Waals surface area (Å²) >= 11 is 0. The number of aromatic nitrogens is 4. The van der Waals surface area contributed by atoms with Gasteiger partial charge in [-0.3, -0.25) is 19.1 Å². The monoisotopic (exact) mass is 467 g/mol. The molecular formula is C26H21N5O4. The Labute approximate surface area is 199 Å². The standard InChI is InChI=1S/C26H21N5O4/c1-35-22(32)14-28-25-27-13-12-21(29-25)31-15-20(24(33)30-26(31)34)23-18-8-4-2-6-16(18)10-11-17-7-3-5-9-19(17)23/h2-13,15,23H,14H2,1H3,(H,27,28,29)(H,30,33,34). The Morgan fingerprint density at radius 1 is 1.00 bits per heavy atom. The van der Waals surface area contributed by atoms with E-state index in [2.05, 4.69) is 25.0 Å². The zero-order valence-electron chi connectivity index (χ0n) is 18.8. The Morgan fingerprint density at radius 3 is 2.31 bits per heavy atom. The summed E-state index contributed by atoms with van der Waals surface area (Å²) < 4.78 is 5.88. The van der Waals surface area contributed by atoms with Gasteiger partial charge in [0, 0.05) is 29.9 Å². The van der Waals surface area contributed by atoms with E-state index in [-0.39, 0.29) is 18.3 Å². The smallest absolute Gasteiger partial charge is 0.334 e. The first-order chi connectivity index (χ1) is 17.0. The molecule has 0 aliphatic heterocycles. The number of hydrogen-bond acceptors (Lipinski definition) is 7. The Kier molecular flexibility index (Phi) is 5.80. The van der Waals surface area contributed by atoms with Crippen molar-refractivity contribution in [3.05, 3.63) is 116 Å². The second-order valence-corrected chi connectivity index (χ2v) is 7.91. The molecule has 2 N–H and O–H groups in total. The highest BCUT2D eigenvalue weighted by Gasteiger charge is 2.26. The van der Waals surface area contributed by atoms with Gasteiger partial charge in [-0.25, -0.2) is 9.78 Å². The molecule has 0 saturated heterocycles. The van der Waals surface area contributed by atoms with Crippen LogP contribution in [0.3, 0.4) is 0 Å². The molecule has 0 saturated carbocycles. The molecule has 0 amide bonds. The third-order valence-electron chi connectivity index (χ3n) is 5.84. The molecule has 0 bridgehead atoms. The van der Waals surface area contributed by atoms with Crippen molar-refractivity contribution in [2.75, 3.05) is 19.0 Å². The average molecular weight is 467 g/mol. The van der Waals surface area contributed by atoms with Crippen molar-refractivity contribution < 1.29 is 9.53 Å². The van der Waals surface area contributed by atoms with Crippen molar-refractivity contribution in [1.29, 1.82) is 0 Å². The third-order valence-corrected chi connectivity index (χ3v) is 5.84. The zero-order valence-corrected chi connectivity index (χ0v) is 18.8. The molecule has 0 radical (unpaired) electrons. The first-order valence-corrected chi connectivity index (χ1v) is 10.9. The minimum absolute atomic E-state index is 0.131. The summed E-state index contributed by atoms with van der Waals surface area (Å²) in [4.78, 5) is 48.2. The van der Waals surface area contributed by atoms with Crippen molar-refractivity contribution in [3.63, 3.8) is 0 Å². The minimum atomic E-state index is -0.635. The van der Waals surface area contributed by atoms with Gasteiger partial charge < -0.3 is 10.1 Å². The topological polar surface area (TPSA) is 119 Å². The van der Waals surface area contributed by atoms with Gasteiger partial charge in [-0.15, -0.1) is 0 Å². The van der Waals surface area contributed by atoms with Gasteiger partial charge in [0.25, 0.3) is 5.56 Å². The summed E-state index contributed by atoms with van der Waals surface area (Å²) in [5.74, 6) is -0.515. The van der Waals surface area contributed by atoms with E-state index >= 15 is 0 Å². The van der Waals surface area contributed by atoms with Gasteiger partial charge in [-0.05, 0) is 22.3 Å². The third kappa shape index (κ3) is 4.26. The molecule has 174 valence electrons. The normalized spacial score (nSPS) is 12.4. The Morgan fingerprint density at radius 2 is 1.66 bits per heavy atom. The highest BCUT2D eigenvalue weighted by Crippen LogP contribution is 2.37. The maximum absolute atomic E-state index is 13.1. The van der Waals surface area contributed by atoms with Crippen LogP contribution < -0.4 is 16.6 Å². The van der Waals surface area contributed by atoms with E-state index in [4.69, 9.17) is 0 Å². The lowest BCUT2D eigenvalue weighted by molar-refractivity contribution is -0.138. The Hall–Kier alpha value is -4.79. The fourth-order valence-corrected chi connectivity index (χ4v) is 4.19. The van der Waals surface area contributed by atoms with Gasteiger partial charge >= 0.3 is 11.7 Å². The molecule has 9 nitrogen and oxygen atoms in total. The highest BCUT2D eigenvalue weighted by atomic mass is 16.5. The van der Waals surface area contributed by atoms with Gasteiger partial charge in [0.05, 0.1) is 7.11 Å². The maximum Gasteiger partial charge on any atom is 0.334 e. The minimum Gasteiger partial charge on any atom is -0.468 e. The summed E-state index contributed by atoms with van der Waals surface area (Å²) in [7, 11) is 1.28. The number of H-pyrrole nitrogens is 1. The molecule has 2 aromatic carbocycles. The first kappa shape index (κ1) is 22.0. The van der Waals surface area contributed by atoms with Crippen molar-refractivity contribution >= 4 is 24.1 Å². The van der Waals surface area contributed by atoms with Crippen molar-refractivity contribution in [1.82, 2.24) is 19.5 Å². The zero-order chi connectivity index (χ0) is 24.4. The quantitative estimate of drug-likeness (QED) is 0.381. The second kappa shape index (κ2) is 9.22. The van der Waals surface area contributed by atoms with Gasteiger partial charge in [0.15, 0.2) is 0 Å². The number of aromatic amines is 1. The lowest BCUT2D eigenvalue weighted by Gasteiger charge is -2.21. The van der Waals surface area contributed by atoms with Crippen LogP contribution in [0.25, 0.3) is 18.0 Å². The highest BCUT2D eigenvalue weighted by molar-refractivity contribution is 5.77. The van der Waals surface area contributed by atoms with Crippen LogP contribution in [0.5, 0.6) is 0 Å². The lowest BCUT2D eigenvalue weighted by Crippen LogP contribution is -2.33. The van der Waals surface area contributed by atoms with E-state index in [0.717, 1.165) is 22.3 Å². The van der Waals surface area contributed by atoms with Crippen molar-refractivity contribution in [2.24, 2.45) is 0 Å². The fraction of sp³-hybridized carbons (Fsp3) is 0.115. The van der Waals surface area contributed by atoms with Crippen LogP contribution in [-0.4, -0.2) is 39.1 Å². The Bertz CT molecular complexity index is 1520. The number of ether oxygens (including phenoxy) is 1. The van der Waals surface area contributed by atoms with E-state index in [0.29, 0.717) is 5.56 Å².